The fraction of sp³-hybridized carbons (Fsp3) is 0. The van der Waals surface area contributed by atoms with Crippen LogP contribution in [0.2, 0.25) is 10.0 Å². The quantitative estimate of drug-likeness (QED) is 0.704. The highest BCUT2D eigenvalue weighted by atomic mass is 35.5. The second-order valence-corrected chi connectivity index (χ2v) is 5.94. The molecule has 1 N–H and O–H groups in total. The molecule has 0 aliphatic heterocycles. The average molecular weight is 320 g/mol. The molecule has 0 saturated heterocycles. The van der Waals surface area contributed by atoms with Crippen molar-refractivity contribution in [1.82, 2.24) is 4.98 Å². The molecule has 1 aromatic heterocycles. The standard InChI is InChI=1S/C14H7Cl2N3S/c15-9-2-4-12-13(6-9)20-14(19-12)18-11-3-1-8(7-17)5-10(11)16/h1-6H,(H,18,19). The fourth-order valence-electron chi connectivity index (χ4n) is 1.75. The molecule has 0 amide bonds. The van der Waals surface area contributed by atoms with Gasteiger partial charge in [-0.25, -0.2) is 4.98 Å². The van der Waals surface area contributed by atoms with E-state index in [1.807, 2.05) is 24.3 Å². The molecule has 1 heterocycles. The molecule has 0 fully saturated rings. The number of nitrogens with one attached hydrogen (secondary N) is 1. The van der Waals surface area contributed by atoms with Gasteiger partial charge in [-0.3, -0.25) is 0 Å². The van der Waals surface area contributed by atoms with Crippen molar-refractivity contribution in [3.05, 3.63) is 52.0 Å². The van der Waals surface area contributed by atoms with Gasteiger partial charge in [0.05, 0.1) is 32.6 Å². The highest BCUT2D eigenvalue weighted by Gasteiger charge is 2.07. The summed E-state index contributed by atoms with van der Waals surface area (Å²) < 4.78 is 1.00. The number of aromatic nitrogens is 1. The van der Waals surface area contributed by atoms with Crippen LogP contribution in [-0.4, -0.2) is 4.98 Å². The second-order valence-electron chi connectivity index (χ2n) is 4.06. The third-order valence-corrected chi connectivity index (χ3v) is 4.17. The first-order valence-electron chi connectivity index (χ1n) is 5.68. The van der Waals surface area contributed by atoms with Crippen LogP contribution >= 0.6 is 34.5 Å². The van der Waals surface area contributed by atoms with Gasteiger partial charge in [-0.15, -0.1) is 0 Å². The van der Waals surface area contributed by atoms with Crippen molar-refractivity contribution in [3.8, 4) is 6.07 Å². The van der Waals surface area contributed by atoms with E-state index in [9.17, 15) is 0 Å². The molecule has 0 aliphatic rings. The molecule has 3 aromatic rings. The SMILES string of the molecule is N#Cc1ccc(Nc2nc3ccc(Cl)cc3s2)c(Cl)c1. The molecule has 0 aliphatic carbocycles. The van der Waals surface area contributed by atoms with E-state index >= 15 is 0 Å². The van der Waals surface area contributed by atoms with E-state index in [1.165, 1.54) is 11.3 Å². The van der Waals surface area contributed by atoms with Crippen molar-refractivity contribution in [2.45, 2.75) is 0 Å². The van der Waals surface area contributed by atoms with Crippen LogP contribution in [0, 0.1) is 11.3 Å². The lowest BCUT2D eigenvalue weighted by atomic mass is 10.2. The Morgan fingerprint density at radius 3 is 2.75 bits per heavy atom. The number of benzene rings is 2. The number of hydrogen-bond acceptors (Lipinski definition) is 4. The van der Waals surface area contributed by atoms with Crippen LogP contribution in [0.15, 0.2) is 36.4 Å². The van der Waals surface area contributed by atoms with E-state index < -0.39 is 0 Å². The zero-order chi connectivity index (χ0) is 14.1. The van der Waals surface area contributed by atoms with Crippen molar-refractivity contribution in [3.63, 3.8) is 0 Å². The van der Waals surface area contributed by atoms with Gasteiger partial charge >= 0.3 is 0 Å². The summed E-state index contributed by atoms with van der Waals surface area (Å²) in [6.45, 7) is 0. The molecule has 3 nitrogen and oxygen atoms in total. The van der Waals surface area contributed by atoms with Gasteiger partial charge in [0.15, 0.2) is 5.13 Å². The van der Waals surface area contributed by atoms with E-state index in [2.05, 4.69) is 10.3 Å². The van der Waals surface area contributed by atoms with Gasteiger partial charge in [-0.2, -0.15) is 5.26 Å². The van der Waals surface area contributed by atoms with Crippen molar-refractivity contribution >= 4 is 55.6 Å². The monoisotopic (exact) mass is 319 g/mol. The smallest absolute Gasteiger partial charge is 0.188 e. The summed E-state index contributed by atoms with van der Waals surface area (Å²) >= 11 is 13.6. The van der Waals surface area contributed by atoms with Crippen molar-refractivity contribution < 1.29 is 0 Å². The lowest BCUT2D eigenvalue weighted by Crippen LogP contribution is -1.90. The van der Waals surface area contributed by atoms with Gasteiger partial charge in [-0.1, -0.05) is 34.5 Å². The largest absolute Gasteiger partial charge is 0.330 e. The molecule has 0 atom stereocenters. The molecule has 0 spiro atoms. The number of nitrogens with zero attached hydrogens (tertiary/aromatic N) is 2. The third kappa shape index (κ3) is 2.56. The van der Waals surface area contributed by atoms with Crippen LogP contribution in [0.3, 0.4) is 0 Å². The summed E-state index contributed by atoms with van der Waals surface area (Å²) in [6.07, 6.45) is 0. The first-order chi connectivity index (χ1) is 9.65. The molecule has 0 bridgehead atoms. The van der Waals surface area contributed by atoms with Gasteiger partial charge in [0.1, 0.15) is 0 Å². The van der Waals surface area contributed by atoms with Crippen LogP contribution < -0.4 is 5.32 Å². The maximum absolute atomic E-state index is 8.81. The van der Waals surface area contributed by atoms with E-state index in [-0.39, 0.29) is 0 Å². The highest BCUT2D eigenvalue weighted by molar-refractivity contribution is 7.22. The second kappa shape index (κ2) is 5.29. The van der Waals surface area contributed by atoms with Crippen molar-refractivity contribution in [2.24, 2.45) is 0 Å². The average Bonchev–Trinajstić information content (AvgIpc) is 2.82. The van der Waals surface area contributed by atoms with E-state index in [1.54, 1.807) is 18.2 Å². The van der Waals surface area contributed by atoms with Gasteiger partial charge in [0.2, 0.25) is 0 Å². The Hall–Kier alpha value is -1.80. The summed E-state index contributed by atoms with van der Waals surface area (Å²) in [5.41, 5.74) is 2.12. The van der Waals surface area contributed by atoms with E-state index in [0.717, 1.165) is 21.0 Å². The topological polar surface area (TPSA) is 48.7 Å². The summed E-state index contributed by atoms with van der Waals surface area (Å²) in [5.74, 6) is 0. The maximum Gasteiger partial charge on any atom is 0.188 e. The van der Waals surface area contributed by atoms with Crippen LogP contribution in [-0.2, 0) is 0 Å². The number of rotatable bonds is 2. The van der Waals surface area contributed by atoms with Gasteiger partial charge < -0.3 is 5.32 Å². The van der Waals surface area contributed by atoms with Crippen LogP contribution in [0.5, 0.6) is 0 Å². The Bertz CT molecular complexity index is 836. The molecule has 6 heteroatoms. The zero-order valence-corrected chi connectivity index (χ0v) is 12.4. The number of thiazole rings is 1. The normalized spacial score (nSPS) is 10.4. The molecule has 20 heavy (non-hydrogen) atoms. The summed E-state index contributed by atoms with van der Waals surface area (Å²) in [4.78, 5) is 4.46. The predicted octanol–water partition coefficient (Wildman–Crippen LogP) is 5.22. The maximum atomic E-state index is 8.81. The highest BCUT2D eigenvalue weighted by Crippen LogP contribution is 2.32. The molecule has 3 rings (SSSR count). The zero-order valence-electron chi connectivity index (χ0n) is 10.0. The molecular formula is C14H7Cl2N3S. The Kier molecular flexibility index (Phi) is 3.49. The summed E-state index contributed by atoms with van der Waals surface area (Å²) in [7, 11) is 0. The van der Waals surface area contributed by atoms with Gasteiger partial charge in [0.25, 0.3) is 0 Å². The number of fused-ring (bicyclic) bond motifs is 1. The van der Waals surface area contributed by atoms with Gasteiger partial charge in [0, 0.05) is 5.02 Å². The lowest BCUT2D eigenvalue weighted by Gasteiger charge is -2.04. The fourth-order valence-corrected chi connectivity index (χ4v) is 3.14. The Labute approximate surface area is 129 Å². The Balaban J connectivity index is 1.95. The molecule has 2 aromatic carbocycles. The molecule has 98 valence electrons. The minimum absolute atomic E-state index is 0.487. The van der Waals surface area contributed by atoms with Crippen LogP contribution in [0.1, 0.15) is 5.56 Å². The minimum Gasteiger partial charge on any atom is -0.330 e. The van der Waals surface area contributed by atoms with Crippen molar-refractivity contribution in [2.75, 3.05) is 5.32 Å². The summed E-state index contributed by atoms with van der Waals surface area (Å²) in [6, 6.07) is 12.7. The predicted molar refractivity (Wildman–Crippen MR) is 84.1 cm³/mol. The Morgan fingerprint density at radius 2 is 2.00 bits per heavy atom. The third-order valence-electron chi connectivity index (χ3n) is 2.69. The number of nitriles is 1. The molecule has 0 saturated carbocycles. The number of anilines is 2. The Morgan fingerprint density at radius 1 is 1.15 bits per heavy atom. The first kappa shape index (κ1) is 13.2. The molecule has 0 unspecified atom stereocenters. The minimum atomic E-state index is 0.487. The van der Waals surface area contributed by atoms with E-state index in [0.29, 0.717) is 15.6 Å². The van der Waals surface area contributed by atoms with Crippen molar-refractivity contribution in [1.29, 1.82) is 5.26 Å². The van der Waals surface area contributed by atoms with Crippen LogP contribution in [0.25, 0.3) is 10.2 Å². The van der Waals surface area contributed by atoms with E-state index in [4.69, 9.17) is 28.5 Å². The lowest BCUT2D eigenvalue weighted by molar-refractivity contribution is 1.43. The molecular weight excluding hydrogens is 313 g/mol. The van der Waals surface area contributed by atoms with Gasteiger partial charge in [-0.05, 0) is 36.4 Å². The number of halogens is 2. The first-order valence-corrected chi connectivity index (χ1v) is 7.26. The number of hydrogen-bond donors (Lipinski definition) is 1. The summed E-state index contributed by atoms with van der Waals surface area (Å²) in [5, 5.41) is 13.9. The molecule has 0 radical (unpaired) electrons. The van der Waals surface area contributed by atoms with Crippen LogP contribution in [0.4, 0.5) is 10.8 Å².